The third-order valence-electron chi connectivity index (χ3n) is 0.773. The minimum atomic E-state index is -1.62. The van der Waals surface area contributed by atoms with Gasteiger partial charge in [-0.15, -0.1) is 0 Å². The van der Waals surface area contributed by atoms with Crippen LogP contribution in [-0.2, 0) is 11.1 Å². The standard InChI is InChI=1S/C4H11NO2S/c5-3-1-2-4-8(6)7/h1-5H2,(H,6,7). The molecule has 0 aliphatic heterocycles. The van der Waals surface area contributed by atoms with E-state index >= 15 is 0 Å². The minimum Gasteiger partial charge on any atom is -0.330 e. The second kappa shape index (κ2) is 5.21. The number of nitrogens with two attached hydrogens (primary N) is 1. The molecule has 3 nitrogen and oxygen atoms in total. The summed E-state index contributed by atoms with van der Waals surface area (Å²) in [5.41, 5.74) is 5.13. The molecule has 0 saturated heterocycles. The van der Waals surface area contributed by atoms with Gasteiger partial charge in [-0.3, -0.25) is 0 Å². The average Bonchev–Trinajstić information content (AvgIpc) is 1.66. The molecule has 50 valence electrons. The molecule has 1 unspecified atom stereocenters. The predicted molar refractivity (Wildman–Crippen MR) is 33.9 cm³/mol. The summed E-state index contributed by atoms with van der Waals surface area (Å²) in [5, 5.41) is 0. The summed E-state index contributed by atoms with van der Waals surface area (Å²) in [6.45, 7) is 0.608. The molecule has 3 N–H and O–H groups in total. The SMILES string of the molecule is NCCCCS(=O)O. The molecule has 0 fully saturated rings. The highest BCUT2D eigenvalue weighted by Crippen LogP contribution is 1.86. The highest BCUT2D eigenvalue weighted by atomic mass is 32.2. The van der Waals surface area contributed by atoms with Crippen LogP contribution in [-0.4, -0.2) is 21.1 Å². The van der Waals surface area contributed by atoms with Gasteiger partial charge in [-0.05, 0) is 19.4 Å². The van der Waals surface area contributed by atoms with E-state index in [1.807, 2.05) is 0 Å². The van der Waals surface area contributed by atoms with Crippen LogP contribution in [0.4, 0.5) is 0 Å². The summed E-state index contributed by atoms with van der Waals surface area (Å²) in [5.74, 6) is 0.358. The fraction of sp³-hybridized carbons (Fsp3) is 1.00. The number of hydrogen-bond donors (Lipinski definition) is 2. The van der Waals surface area contributed by atoms with Crippen molar-refractivity contribution in [3.05, 3.63) is 0 Å². The lowest BCUT2D eigenvalue weighted by Crippen LogP contribution is -2.01. The molecule has 0 radical (unpaired) electrons. The molecule has 4 heteroatoms. The van der Waals surface area contributed by atoms with Crippen LogP contribution in [0.2, 0.25) is 0 Å². The van der Waals surface area contributed by atoms with E-state index in [9.17, 15) is 4.21 Å². The van der Waals surface area contributed by atoms with Gasteiger partial charge in [0.15, 0.2) is 11.1 Å². The predicted octanol–water partition coefficient (Wildman–Crippen LogP) is -0.0530. The van der Waals surface area contributed by atoms with Crippen molar-refractivity contribution in [2.24, 2.45) is 5.73 Å². The van der Waals surface area contributed by atoms with Gasteiger partial charge in [0.1, 0.15) is 0 Å². The number of hydrogen-bond acceptors (Lipinski definition) is 2. The van der Waals surface area contributed by atoms with Crippen molar-refractivity contribution in [2.75, 3.05) is 12.3 Å². The van der Waals surface area contributed by atoms with Gasteiger partial charge in [-0.1, -0.05) is 0 Å². The zero-order valence-electron chi connectivity index (χ0n) is 4.67. The molecule has 0 bridgehead atoms. The van der Waals surface area contributed by atoms with Gasteiger partial charge >= 0.3 is 0 Å². The second-order valence-electron chi connectivity index (χ2n) is 1.52. The van der Waals surface area contributed by atoms with Gasteiger partial charge in [0, 0.05) is 5.75 Å². The molecule has 0 heterocycles. The third kappa shape index (κ3) is 6.07. The van der Waals surface area contributed by atoms with Gasteiger partial charge in [0.2, 0.25) is 0 Å². The molecule has 0 saturated carbocycles. The van der Waals surface area contributed by atoms with Gasteiger partial charge < -0.3 is 10.3 Å². The largest absolute Gasteiger partial charge is 0.330 e. The van der Waals surface area contributed by atoms with Crippen molar-refractivity contribution in [1.82, 2.24) is 0 Å². The molecule has 0 aliphatic rings. The van der Waals surface area contributed by atoms with Crippen LogP contribution in [0.25, 0.3) is 0 Å². The lowest BCUT2D eigenvalue weighted by molar-refractivity contribution is 0.560. The van der Waals surface area contributed by atoms with E-state index in [1.165, 1.54) is 0 Å². The van der Waals surface area contributed by atoms with Gasteiger partial charge in [0.25, 0.3) is 0 Å². The van der Waals surface area contributed by atoms with E-state index in [2.05, 4.69) is 0 Å². The van der Waals surface area contributed by atoms with Crippen molar-refractivity contribution in [3.63, 3.8) is 0 Å². The lowest BCUT2D eigenvalue weighted by Gasteiger charge is -1.90. The fourth-order valence-corrected chi connectivity index (χ4v) is 0.821. The van der Waals surface area contributed by atoms with Crippen molar-refractivity contribution in [2.45, 2.75) is 12.8 Å². The van der Waals surface area contributed by atoms with Crippen molar-refractivity contribution in [1.29, 1.82) is 0 Å². The highest BCUT2D eigenvalue weighted by Gasteiger charge is 1.90. The zero-order chi connectivity index (χ0) is 6.41. The van der Waals surface area contributed by atoms with E-state index in [4.69, 9.17) is 10.3 Å². The van der Waals surface area contributed by atoms with Crippen molar-refractivity contribution in [3.8, 4) is 0 Å². The minimum absolute atomic E-state index is 0.358. The van der Waals surface area contributed by atoms with Crippen LogP contribution < -0.4 is 5.73 Å². The Morgan fingerprint density at radius 1 is 1.50 bits per heavy atom. The Labute approximate surface area is 51.6 Å². The molecule has 0 aliphatic carbocycles. The Kier molecular flexibility index (Phi) is 5.26. The molecule has 0 aromatic carbocycles. The van der Waals surface area contributed by atoms with Crippen LogP contribution in [0.3, 0.4) is 0 Å². The molecule has 8 heavy (non-hydrogen) atoms. The summed E-state index contributed by atoms with van der Waals surface area (Å²) in [6.07, 6.45) is 1.59. The van der Waals surface area contributed by atoms with Crippen LogP contribution in [0, 0.1) is 0 Å². The lowest BCUT2D eigenvalue weighted by atomic mass is 10.3. The van der Waals surface area contributed by atoms with E-state index in [0.29, 0.717) is 12.3 Å². The molecule has 0 amide bonds. The summed E-state index contributed by atoms with van der Waals surface area (Å²) < 4.78 is 18.2. The maximum Gasteiger partial charge on any atom is 0.152 e. The summed E-state index contributed by atoms with van der Waals surface area (Å²) in [4.78, 5) is 0. The normalized spacial score (nSPS) is 13.8. The third-order valence-corrected chi connectivity index (χ3v) is 1.41. The number of rotatable bonds is 4. The Hall–Kier alpha value is 0.0700. The smallest absolute Gasteiger partial charge is 0.152 e. The maximum absolute atomic E-state index is 9.94. The zero-order valence-corrected chi connectivity index (χ0v) is 5.49. The Balaban J connectivity index is 2.82. The van der Waals surface area contributed by atoms with Crippen LogP contribution in [0.15, 0.2) is 0 Å². The van der Waals surface area contributed by atoms with Gasteiger partial charge in [0.05, 0.1) is 0 Å². The van der Waals surface area contributed by atoms with Gasteiger partial charge in [-0.25, -0.2) is 4.21 Å². The molecule has 1 atom stereocenters. The van der Waals surface area contributed by atoms with E-state index in [0.717, 1.165) is 12.8 Å². The molecule has 0 aromatic heterocycles. The number of unbranched alkanes of at least 4 members (excludes halogenated alkanes) is 1. The first kappa shape index (κ1) is 8.07. The maximum atomic E-state index is 9.94. The molecular formula is C4H11NO2S. The van der Waals surface area contributed by atoms with Crippen molar-refractivity contribution >= 4 is 11.1 Å². The van der Waals surface area contributed by atoms with Gasteiger partial charge in [-0.2, -0.15) is 0 Å². The van der Waals surface area contributed by atoms with E-state index in [-0.39, 0.29) is 0 Å². The summed E-state index contributed by atoms with van der Waals surface area (Å²) in [6, 6.07) is 0. The van der Waals surface area contributed by atoms with Crippen LogP contribution in [0.5, 0.6) is 0 Å². The van der Waals surface area contributed by atoms with Crippen LogP contribution in [0.1, 0.15) is 12.8 Å². The first-order chi connectivity index (χ1) is 3.77. The molecule has 0 rings (SSSR count). The highest BCUT2D eigenvalue weighted by molar-refractivity contribution is 7.79. The average molecular weight is 137 g/mol. The molecule has 0 aromatic rings. The van der Waals surface area contributed by atoms with Crippen LogP contribution >= 0.6 is 0 Å². The topological polar surface area (TPSA) is 63.3 Å². The molecular weight excluding hydrogens is 126 g/mol. The quantitative estimate of drug-likeness (QED) is 0.421. The Morgan fingerprint density at radius 3 is 2.50 bits per heavy atom. The first-order valence-corrected chi connectivity index (χ1v) is 3.82. The Morgan fingerprint density at radius 2 is 2.12 bits per heavy atom. The molecule has 0 spiro atoms. The first-order valence-electron chi connectivity index (χ1n) is 2.55. The van der Waals surface area contributed by atoms with E-state index < -0.39 is 11.1 Å². The monoisotopic (exact) mass is 137 g/mol. The summed E-state index contributed by atoms with van der Waals surface area (Å²) in [7, 11) is 0. The second-order valence-corrected chi connectivity index (χ2v) is 2.57. The summed E-state index contributed by atoms with van der Waals surface area (Å²) >= 11 is -1.62. The fourth-order valence-electron chi connectivity index (χ4n) is 0.370. The van der Waals surface area contributed by atoms with E-state index in [1.54, 1.807) is 0 Å². The van der Waals surface area contributed by atoms with Crippen molar-refractivity contribution < 1.29 is 8.76 Å². The Bertz CT molecular complexity index is 76.4.